The van der Waals surface area contributed by atoms with Crippen LogP contribution in [0.25, 0.3) is 0 Å². The lowest BCUT2D eigenvalue weighted by Gasteiger charge is -2.15. The lowest BCUT2D eigenvalue weighted by molar-refractivity contribution is -0.138. The van der Waals surface area contributed by atoms with Crippen LogP contribution in [-0.2, 0) is 22.0 Å². The zero-order chi connectivity index (χ0) is 15.7. The maximum absolute atomic E-state index is 12.8. The molecule has 0 amide bonds. The van der Waals surface area contributed by atoms with Gasteiger partial charge in [0.05, 0.1) is 11.3 Å². The Balaban J connectivity index is 2.06. The second kappa shape index (κ2) is 5.94. The van der Waals surface area contributed by atoms with Crippen LogP contribution in [0.15, 0.2) is 24.3 Å². The zero-order valence-electron chi connectivity index (χ0n) is 11.2. The molecule has 118 valence electrons. The van der Waals surface area contributed by atoms with Crippen LogP contribution in [0.2, 0.25) is 0 Å². The summed E-state index contributed by atoms with van der Waals surface area (Å²) in [4.78, 5) is 0. The smallest absolute Gasteiger partial charge is 0.326 e. The van der Waals surface area contributed by atoms with Crippen molar-refractivity contribution in [2.24, 2.45) is 11.7 Å². The molecule has 2 rings (SSSR count). The lowest BCUT2D eigenvalue weighted by atomic mass is 10.1. The predicted octanol–water partition coefficient (Wildman–Crippen LogP) is 1.86. The molecule has 0 radical (unpaired) electrons. The lowest BCUT2D eigenvalue weighted by Crippen LogP contribution is -2.39. The highest BCUT2D eigenvalue weighted by Crippen LogP contribution is 2.33. The van der Waals surface area contributed by atoms with Gasteiger partial charge in [-0.3, -0.25) is 0 Å². The summed E-state index contributed by atoms with van der Waals surface area (Å²) in [7, 11) is -3.85. The van der Waals surface area contributed by atoms with Crippen LogP contribution < -0.4 is 10.5 Å². The molecule has 21 heavy (non-hydrogen) atoms. The zero-order valence-corrected chi connectivity index (χ0v) is 12.0. The Morgan fingerprint density at radius 1 is 1.29 bits per heavy atom. The SMILES string of the molecule is NC(CNS(=O)(=O)Cc1ccccc1C(F)(F)F)C1CC1. The third kappa shape index (κ3) is 4.69. The van der Waals surface area contributed by atoms with E-state index >= 15 is 0 Å². The van der Waals surface area contributed by atoms with Gasteiger partial charge in [-0.1, -0.05) is 18.2 Å². The van der Waals surface area contributed by atoms with E-state index in [0.717, 1.165) is 18.9 Å². The topological polar surface area (TPSA) is 72.2 Å². The average molecular weight is 322 g/mol. The first-order valence-corrected chi connectivity index (χ1v) is 8.22. The van der Waals surface area contributed by atoms with Crippen molar-refractivity contribution in [3.8, 4) is 0 Å². The van der Waals surface area contributed by atoms with Crippen LogP contribution in [0.5, 0.6) is 0 Å². The van der Waals surface area contributed by atoms with Crippen LogP contribution in [0, 0.1) is 5.92 Å². The van der Waals surface area contributed by atoms with Crippen molar-refractivity contribution < 1.29 is 21.6 Å². The molecule has 1 unspecified atom stereocenters. The van der Waals surface area contributed by atoms with Crippen molar-refractivity contribution in [1.29, 1.82) is 0 Å². The number of hydrogen-bond donors (Lipinski definition) is 2. The fourth-order valence-corrected chi connectivity index (χ4v) is 3.30. The highest BCUT2D eigenvalue weighted by Gasteiger charge is 2.34. The Bertz CT molecular complexity index is 598. The molecular formula is C13H17F3N2O2S. The normalized spacial score (nSPS) is 17.7. The van der Waals surface area contributed by atoms with E-state index in [1.54, 1.807) is 0 Å². The van der Waals surface area contributed by atoms with E-state index in [0.29, 0.717) is 5.92 Å². The number of nitrogens with two attached hydrogens (primary N) is 1. The van der Waals surface area contributed by atoms with Crippen LogP contribution in [0.3, 0.4) is 0 Å². The second-order valence-electron chi connectivity index (χ2n) is 5.26. The largest absolute Gasteiger partial charge is 0.416 e. The second-order valence-corrected chi connectivity index (χ2v) is 7.07. The summed E-state index contributed by atoms with van der Waals surface area (Å²) in [6.45, 7) is 0.0567. The van der Waals surface area contributed by atoms with Crippen molar-refractivity contribution in [1.82, 2.24) is 4.72 Å². The Labute approximate surface area is 121 Å². The molecule has 1 aliphatic rings. The molecule has 0 aliphatic heterocycles. The average Bonchev–Trinajstić information content (AvgIpc) is 3.19. The van der Waals surface area contributed by atoms with Crippen LogP contribution >= 0.6 is 0 Å². The molecule has 3 N–H and O–H groups in total. The number of benzene rings is 1. The van der Waals surface area contributed by atoms with E-state index in [-0.39, 0.29) is 18.2 Å². The van der Waals surface area contributed by atoms with Gasteiger partial charge in [0.15, 0.2) is 0 Å². The molecule has 0 spiro atoms. The first kappa shape index (κ1) is 16.3. The van der Waals surface area contributed by atoms with Crippen molar-refractivity contribution in [3.05, 3.63) is 35.4 Å². The fraction of sp³-hybridized carbons (Fsp3) is 0.538. The molecule has 1 aromatic rings. The molecule has 4 nitrogen and oxygen atoms in total. The van der Waals surface area contributed by atoms with Crippen LogP contribution in [0.1, 0.15) is 24.0 Å². The minimum Gasteiger partial charge on any atom is -0.326 e. The molecule has 0 aromatic heterocycles. The van der Waals surface area contributed by atoms with Gasteiger partial charge in [0.2, 0.25) is 10.0 Å². The van der Waals surface area contributed by atoms with Crippen LogP contribution in [-0.4, -0.2) is 21.0 Å². The maximum atomic E-state index is 12.8. The number of rotatable bonds is 6. The van der Waals surface area contributed by atoms with Crippen molar-refractivity contribution in [2.45, 2.75) is 30.8 Å². The highest BCUT2D eigenvalue weighted by atomic mass is 32.2. The molecule has 1 saturated carbocycles. The van der Waals surface area contributed by atoms with Gasteiger partial charge in [-0.2, -0.15) is 13.2 Å². The number of nitrogens with one attached hydrogen (secondary N) is 1. The van der Waals surface area contributed by atoms with Crippen LogP contribution in [0.4, 0.5) is 13.2 Å². The van der Waals surface area contributed by atoms with Crippen molar-refractivity contribution in [2.75, 3.05) is 6.54 Å². The third-order valence-electron chi connectivity index (χ3n) is 3.43. The van der Waals surface area contributed by atoms with Gasteiger partial charge in [-0.15, -0.1) is 0 Å². The molecule has 0 heterocycles. The molecule has 1 aromatic carbocycles. The summed E-state index contributed by atoms with van der Waals surface area (Å²) >= 11 is 0. The molecular weight excluding hydrogens is 305 g/mol. The number of hydrogen-bond acceptors (Lipinski definition) is 3. The summed E-state index contributed by atoms with van der Waals surface area (Å²) in [6.07, 6.45) is -2.63. The molecule has 8 heteroatoms. The molecule has 1 fully saturated rings. The molecule has 1 atom stereocenters. The Morgan fingerprint density at radius 2 is 1.90 bits per heavy atom. The third-order valence-corrected chi connectivity index (χ3v) is 4.73. The van der Waals surface area contributed by atoms with E-state index in [2.05, 4.69) is 4.72 Å². The Morgan fingerprint density at radius 3 is 2.48 bits per heavy atom. The van der Waals surface area contributed by atoms with Gasteiger partial charge in [-0.05, 0) is 30.4 Å². The van der Waals surface area contributed by atoms with Gasteiger partial charge >= 0.3 is 6.18 Å². The van der Waals surface area contributed by atoms with Gasteiger partial charge < -0.3 is 5.73 Å². The van der Waals surface area contributed by atoms with E-state index in [1.807, 2.05) is 0 Å². The monoisotopic (exact) mass is 322 g/mol. The van der Waals surface area contributed by atoms with E-state index in [9.17, 15) is 21.6 Å². The summed E-state index contributed by atoms with van der Waals surface area (Å²) in [5.74, 6) is -0.393. The summed E-state index contributed by atoms with van der Waals surface area (Å²) < 4.78 is 64.5. The Hall–Kier alpha value is -1.12. The highest BCUT2D eigenvalue weighted by molar-refractivity contribution is 7.88. The van der Waals surface area contributed by atoms with Crippen molar-refractivity contribution in [3.63, 3.8) is 0 Å². The first-order chi connectivity index (χ1) is 9.69. The maximum Gasteiger partial charge on any atom is 0.416 e. The molecule has 0 bridgehead atoms. The van der Waals surface area contributed by atoms with Gasteiger partial charge in [0.1, 0.15) is 0 Å². The molecule has 0 saturated heterocycles. The van der Waals surface area contributed by atoms with Gasteiger partial charge in [0.25, 0.3) is 0 Å². The first-order valence-electron chi connectivity index (χ1n) is 6.57. The molecule has 1 aliphatic carbocycles. The van der Waals surface area contributed by atoms with E-state index in [1.165, 1.54) is 18.2 Å². The van der Waals surface area contributed by atoms with E-state index < -0.39 is 27.5 Å². The number of sulfonamides is 1. The summed E-state index contributed by atoms with van der Waals surface area (Å²) in [6, 6.07) is 4.38. The standard InChI is InChI=1S/C13H17F3N2O2S/c14-13(15,16)11-4-2-1-3-10(11)8-21(19,20)18-7-12(17)9-5-6-9/h1-4,9,12,18H,5-8,17H2. The van der Waals surface area contributed by atoms with Crippen molar-refractivity contribution >= 4 is 10.0 Å². The van der Waals surface area contributed by atoms with E-state index in [4.69, 9.17) is 5.73 Å². The minimum absolute atomic E-state index is 0.0567. The number of halogens is 3. The fourth-order valence-electron chi connectivity index (χ4n) is 2.09. The summed E-state index contributed by atoms with van der Waals surface area (Å²) in [5.41, 5.74) is 4.58. The quantitative estimate of drug-likeness (QED) is 0.840. The Kier molecular flexibility index (Phi) is 4.60. The van der Waals surface area contributed by atoms with Gasteiger partial charge in [0, 0.05) is 12.6 Å². The summed E-state index contributed by atoms with van der Waals surface area (Å²) in [5, 5.41) is 0. The van der Waals surface area contributed by atoms with Gasteiger partial charge in [-0.25, -0.2) is 13.1 Å². The number of alkyl halides is 3. The predicted molar refractivity (Wildman–Crippen MR) is 72.8 cm³/mol. The minimum atomic E-state index is -4.57.